The summed E-state index contributed by atoms with van der Waals surface area (Å²) < 4.78 is 16.8. The first-order valence-corrected chi connectivity index (χ1v) is 9.20. The molecule has 140 valence electrons. The molecule has 1 aromatic carbocycles. The molecule has 1 aliphatic heterocycles. The molecule has 6 heteroatoms. The van der Waals surface area contributed by atoms with E-state index in [4.69, 9.17) is 14.2 Å². The van der Waals surface area contributed by atoms with Crippen LogP contribution in [0.2, 0.25) is 0 Å². The molecule has 1 aromatic rings. The first-order valence-electron chi connectivity index (χ1n) is 9.20. The highest BCUT2D eigenvalue weighted by Crippen LogP contribution is 2.11. The van der Waals surface area contributed by atoms with Gasteiger partial charge in [0.15, 0.2) is 5.96 Å². The van der Waals surface area contributed by atoms with E-state index in [-0.39, 0.29) is 0 Å². The molecule has 0 aromatic heterocycles. The first kappa shape index (κ1) is 19.5. The topological polar surface area (TPSA) is 64.1 Å². The zero-order valence-corrected chi connectivity index (χ0v) is 15.2. The molecule has 1 atom stereocenters. The molecule has 1 saturated heterocycles. The average Bonchev–Trinajstić information content (AvgIpc) is 3.17. The van der Waals surface area contributed by atoms with Crippen molar-refractivity contribution in [3.05, 3.63) is 30.3 Å². The Bertz CT molecular complexity index is 476. The normalized spacial score (nSPS) is 17.5. The standard InChI is InChI=1S/C19H31N3O3/c1-20-19(21-11-6-13-23-16-18-10-5-14-25-18)22-12-7-15-24-17-8-3-2-4-9-17/h2-4,8-9,18H,5-7,10-16H2,1H3,(H2,20,21,22). The number of ether oxygens (including phenoxy) is 3. The lowest BCUT2D eigenvalue weighted by atomic mass is 10.2. The van der Waals surface area contributed by atoms with E-state index in [1.54, 1.807) is 7.05 Å². The summed E-state index contributed by atoms with van der Waals surface area (Å²) in [5, 5.41) is 6.58. The van der Waals surface area contributed by atoms with E-state index in [9.17, 15) is 0 Å². The van der Waals surface area contributed by atoms with Gasteiger partial charge in [-0.25, -0.2) is 0 Å². The van der Waals surface area contributed by atoms with Crippen LogP contribution in [0.25, 0.3) is 0 Å². The van der Waals surface area contributed by atoms with Crippen LogP contribution in [0.15, 0.2) is 35.3 Å². The van der Waals surface area contributed by atoms with E-state index in [1.165, 1.54) is 0 Å². The Morgan fingerprint density at radius 3 is 2.60 bits per heavy atom. The summed E-state index contributed by atoms with van der Waals surface area (Å²) in [5.41, 5.74) is 0. The number of nitrogens with zero attached hydrogens (tertiary/aromatic N) is 1. The second-order valence-corrected chi connectivity index (χ2v) is 6.00. The highest BCUT2D eigenvalue weighted by atomic mass is 16.5. The van der Waals surface area contributed by atoms with Crippen LogP contribution in [0.1, 0.15) is 25.7 Å². The van der Waals surface area contributed by atoms with Crippen molar-refractivity contribution in [2.45, 2.75) is 31.8 Å². The van der Waals surface area contributed by atoms with Crippen LogP contribution in [-0.2, 0) is 9.47 Å². The Balaban J connectivity index is 1.42. The van der Waals surface area contributed by atoms with Crippen molar-refractivity contribution in [1.29, 1.82) is 0 Å². The predicted molar refractivity (Wildman–Crippen MR) is 100 cm³/mol. The van der Waals surface area contributed by atoms with Gasteiger partial charge < -0.3 is 24.8 Å². The maximum Gasteiger partial charge on any atom is 0.190 e. The van der Waals surface area contributed by atoms with Gasteiger partial charge in [0.05, 0.1) is 19.3 Å². The van der Waals surface area contributed by atoms with Crippen LogP contribution in [0.3, 0.4) is 0 Å². The second kappa shape index (κ2) is 12.6. The molecule has 25 heavy (non-hydrogen) atoms. The Morgan fingerprint density at radius 1 is 1.16 bits per heavy atom. The van der Waals surface area contributed by atoms with Crippen molar-refractivity contribution >= 4 is 5.96 Å². The molecule has 0 spiro atoms. The zero-order valence-electron chi connectivity index (χ0n) is 15.2. The molecule has 0 aliphatic carbocycles. The van der Waals surface area contributed by atoms with Crippen molar-refractivity contribution in [2.75, 3.05) is 46.6 Å². The molecule has 1 aliphatic rings. The molecular formula is C19H31N3O3. The monoisotopic (exact) mass is 349 g/mol. The van der Waals surface area contributed by atoms with Crippen molar-refractivity contribution < 1.29 is 14.2 Å². The summed E-state index contributed by atoms with van der Waals surface area (Å²) in [6, 6.07) is 9.87. The fourth-order valence-corrected chi connectivity index (χ4v) is 2.58. The third kappa shape index (κ3) is 8.74. The number of hydrogen-bond donors (Lipinski definition) is 2. The predicted octanol–water partition coefficient (Wildman–Crippen LogP) is 2.21. The lowest BCUT2D eigenvalue weighted by Gasteiger charge is -2.13. The molecule has 1 heterocycles. The van der Waals surface area contributed by atoms with Gasteiger partial charge in [0, 0.05) is 33.4 Å². The van der Waals surface area contributed by atoms with Crippen molar-refractivity contribution in [1.82, 2.24) is 10.6 Å². The number of benzene rings is 1. The molecule has 1 unspecified atom stereocenters. The number of aliphatic imine (C=N–C) groups is 1. The second-order valence-electron chi connectivity index (χ2n) is 6.00. The molecular weight excluding hydrogens is 318 g/mol. The third-order valence-corrected chi connectivity index (χ3v) is 3.93. The lowest BCUT2D eigenvalue weighted by molar-refractivity contribution is 0.0168. The number of guanidine groups is 1. The van der Waals surface area contributed by atoms with Gasteiger partial charge in [0.1, 0.15) is 5.75 Å². The van der Waals surface area contributed by atoms with E-state index in [0.717, 1.165) is 63.7 Å². The lowest BCUT2D eigenvalue weighted by Crippen LogP contribution is -2.38. The van der Waals surface area contributed by atoms with Crippen LogP contribution >= 0.6 is 0 Å². The molecule has 2 N–H and O–H groups in total. The molecule has 0 radical (unpaired) electrons. The fourth-order valence-electron chi connectivity index (χ4n) is 2.58. The summed E-state index contributed by atoms with van der Waals surface area (Å²) in [7, 11) is 1.78. The van der Waals surface area contributed by atoms with Gasteiger partial charge in [0.25, 0.3) is 0 Å². The molecule has 0 amide bonds. The third-order valence-electron chi connectivity index (χ3n) is 3.93. The van der Waals surface area contributed by atoms with Crippen molar-refractivity contribution in [2.24, 2.45) is 4.99 Å². The number of nitrogens with one attached hydrogen (secondary N) is 2. The van der Waals surface area contributed by atoms with Gasteiger partial charge in [-0.1, -0.05) is 18.2 Å². The minimum absolute atomic E-state index is 0.306. The first-order chi connectivity index (χ1) is 12.4. The molecule has 0 saturated carbocycles. The molecule has 6 nitrogen and oxygen atoms in total. The minimum Gasteiger partial charge on any atom is -0.494 e. The van der Waals surface area contributed by atoms with Crippen LogP contribution in [0.5, 0.6) is 5.75 Å². The zero-order chi connectivity index (χ0) is 17.6. The van der Waals surface area contributed by atoms with E-state index in [1.807, 2.05) is 30.3 Å². The van der Waals surface area contributed by atoms with Crippen LogP contribution in [0.4, 0.5) is 0 Å². The Kier molecular flexibility index (Phi) is 9.81. The summed E-state index contributed by atoms with van der Waals surface area (Å²) >= 11 is 0. The molecule has 2 rings (SSSR count). The summed E-state index contributed by atoms with van der Waals surface area (Å²) in [5.74, 6) is 1.73. The van der Waals surface area contributed by atoms with E-state index >= 15 is 0 Å². The maximum absolute atomic E-state index is 5.66. The average molecular weight is 349 g/mol. The Morgan fingerprint density at radius 2 is 1.92 bits per heavy atom. The highest BCUT2D eigenvalue weighted by molar-refractivity contribution is 5.79. The van der Waals surface area contributed by atoms with Gasteiger partial charge >= 0.3 is 0 Å². The van der Waals surface area contributed by atoms with Crippen LogP contribution in [-0.4, -0.2) is 58.6 Å². The van der Waals surface area contributed by atoms with Gasteiger partial charge in [-0.05, 0) is 37.8 Å². The Hall–Kier alpha value is -1.79. The van der Waals surface area contributed by atoms with E-state index in [0.29, 0.717) is 19.3 Å². The van der Waals surface area contributed by atoms with Gasteiger partial charge in [0.2, 0.25) is 0 Å². The van der Waals surface area contributed by atoms with Gasteiger partial charge in [-0.2, -0.15) is 0 Å². The number of para-hydroxylation sites is 1. The number of rotatable bonds is 11. The van der Waals surface area contributed by atoms with E-state index in [2.05, 4.69) is 15.6 Å². The quantitative estimate of drug-likeness (QED) is 0.364. The van der Waals surface area contributed by atoms with Crippen molar-refractivity contribution in [3.8, 4) is 5.75 Å². The SMILES string of the molecule is CN=C(NCCCOCC1CCCO1)NCCCOc1ccccc1. The summed E-state index contributed by atoms with van der Waals surface area (Å²) in [6.07, 6.45) is 4.46. The smallest absolute Gasteiger partial charge is 0.190 e. The highest BCUT2D eigenvalue weighted by Gasteiger charge is 2.14. The maximum atomic E-state index is 5.66. The van der Waals surface area contributed by atoms with Crippen molar-refractivity contribution in [3.63, 3.8) is 0 Å². The van der Waals surface area contributed by atoms with Gasteiger partial charge in [-0.3, -0.25) is 4.99 Å². The number of hydrogen-bond acceptors (Lipinski definition) is 4. The van der Waals surface area contributed by atoms with Gasteiger partial charge in [-0.15, -0.1) is 0 Å². The Labute approximate surface area is 151 Å². The van der Waals surface area contributed by atoms with Crippen LogP contribution in [0, 0.1) is 0 Å². The molecule has 0 bridgehead atoms. The fraction of sp³-hybridized carbons (Fsp3) is 0.632. The minimum atomic E-state index is 0.306. The van der Waals surface area contributed by atoms with Crippen LogP contribution < -0.4 is 15.4 Å². The summed E-state index contributed by atoms with van der Waals surface area (Å²) in [4.78, 5) is 4.22. The summed E-state index contributed by atoms with van der Waals surface area (Å²) in [6.45, 7) is 4.69. The largest absolute Gasteiger partial charge is 0.494 e. The van der Waals surface area contributed by atoms with E-state index < -0.39 is 0 Å². The molecule has 1 fully saturated rings.